The Labute approximate surface area is 106 Å². The van der Waals surface area contributed by atoms with Crippen LogP contribution >= 0.6 is 0 Å². The molecule has 0 amide bonds. The number of nitrogens with one attached hydrogen (secondary N) is 1. The lowest BCUT2D eigenvalue weighted by Crippen LogP contribution is -2.14. The Morgan fingerprint density at radius 1 is 1.39 bits per heavy atom. The summed E-state index contributed by atoms with van der Waals surface area (Å²) in [6, 6.07) is 7.22. The molecule has 18 heavy (non-hydrogen) atoms. The fourth-order valence-electron chi connectivity index (χ4n) is 1.49. The van der Waals surface area contributed by atoms with E-state index in [1.807, 2.05) is 6.07 Å². The lowest BCUT2D eigenvalue weighted by molar-refractivity contribution is 0.602. The summed E-state index contributed by atoms with van der Waals surface area (Å²) < 4.78 is 27.1. The second kappa shape index (κ2) is 5.18. The highest BCUT2D eigenvalue weighted by Crippen LogP contribution is 2.13. The predicted octanol–water partition coefficient (Wildman–Crippen LogP) is 1.09. The Kier molecular flexibility index (Phi) is 3.61. The van der Waals surface area contributed by atoms with Crippen LogP contribution in [0.2, 0.25) is 0 Å². The van der Waals surface area contributed by atoms with Crippen molar-refractivity contribution in [2.75, 3.05) is 10.5 Å². The molecule has 1 heterocycles. The van der Waals surface area contributed by atoms with Crippen molar-refractivity contribution in [3.05, 3.63) is 42.5 Å². The van der Waals surface area contributed by atoms with Crippen LogP contribution in [-0.4, -0.2) is 28.9 Å². The maximum atomic E-state index is 11.5. The molecule has 0 saturated carbocycles. The van der Waals surface area contributed by atoms with E-state index in [9.17, 15) is 8.42 Å². The summed E-state index contributed by atoms with van der Waals surface area (Å²) >= 11 is 0. The van der Waals surface area contributed by atoms with Gasteiger partial charge in [0.2, 0.25) is 10.0 Å². The molecule has 2 rings (SSSR count). The molecular formula is C11H14N4O2S. The molecule has 1 aromatic heterocycles. The average Bonchev–Trinajstić information content (AvgIpc) is 2.82. The Bertz CT molecular complexity index is 608. The summed E-state index contributed by atoms with van der Waals surface area (Å²) in [6.45, 7) is 2.16. The first-order valence-corrected chi connectivity index (χ1v) is 7.16. The molecule has 0 spiro atoms. The molecule has 0 aliphatic rings. The van der Waals surface area contributed by atoms with Gasteiger partial charge in [0.1, 0.15) is 12.7 Å². The van der Waals surface area contributed by atoms with Crippen LogP contribution in [0.15, 0.2) is 36.9 Å². The van der Waals surface area contributed by atoms with Crippen molar-refractivity contribution in [3.63, 3.8) is 0 Å². The molecule has 6 nitrogen and oxygen atoms in total. The van der Waals surface area contributed by atoms with Gasteiger partial charge in [-0.15, -0.1) is 0 Å². The largest absolute Gasteiger partial charge is 0.284 e. The number of rotatable bonds is 5. The summed E-state index contributed by atoms with van der Waals surface area (Å²) in [5.74, 6) is 0.0559. The van der Waals surface area contributed by atoms with E-state index in [0.29, 0.717) is 12.2 Å². The zero-order valence-corrected chi connectivity index (χ0v) is 10.8. The molecule has 0 aliphatic carbocycles. The zero-order chi connectivity index (χ0) is 13.0. The van der Waals surface area contributed by atoms with Gasteiger partial charge < -0.3 is 0 Å². The fraction of sp³-hybridized carbons (Fsp3) is 0.273. The Morgan fingerprint density at radius 3 is 2.89 bits per heavy atom. The standard InChI is InChI=1S/C11H14N4O2S/c1-2-18(16,17)14-11-5-3-4-10(6-11)7-15-9-12-8-13-15/h3-6,8-9,14H,2,7H2,1H3. The average molecular weight is 266 g/mol. The van der Waals surface area contributed by atoms with Crippen LogP contribution in [0.4, 0.5) is 5.69 Å². The first-order valence-electron chi connectivity index (χ1n) is 5.51. The molecule has 7 heteroatoms. The minimum Gasteiger partial charge on any atom is -0.284 e. The van der Waals surface area contributed by atoms with Crippen LogP contribution in [0.25, 0.3) is 0 Å². The molecule has 1 N–H and O–H groups in total. The van der Waals surface area contributed by atoms with Crippen molar-refractivity contribution in [2.45, 2.75) is 13.5 Å². The highest BCUT2D eigenvalue weighted by molar-refractivity contribution is 7.92. The second-order valence-electron chi connectivity index (χ2n) is 3.80. The van der Waals surface area contributed by atoms with Gasteiger partial charge in [0.15, 0.2) is 0 Å². The van der Waals surface area contributed by atoms with Gasteiger partial charge in [0.05, 0.1) is 12.3 Å². The molecule has 96 valence electrons. The van der Waals surface area contributed by atoms with Gasteiger partial charge in [0, 0.05) is 5.69 Å². The third-order valence-corrected chi connectivity index (χ3v) is 3.70. The molecule has 0 fully saturated rings. The normalized spacial score (nSPS) is 11.4. The van der Waals surface area contributed by atoms with Crippen LogP contribution in [0, 0.1) is 0 Å². The third-order valence-electron chi connectivity index (χ3n) is 2.39. The van der Waals surface area contributed by atoms with E-state index in [0.717, 1.165) is 5.56 Å². The maximum Gasteiger partial charge on any atom is 0.232 e. The van der Waals surface area contributed by atoms with Gasteiger partial charge in [-0.1, -0.05) is 12.1 Å². The molecule has 0 saturated heterocycles. The highest BCUT2D eigenvalue weighted by Gasteiger charge is 2.06. The quantitative estimate of drug-likeness (QED) is 0.878. The van der Waals surface area contributed by atoms with Crippen LogP contribution in [-0.2, 0) is 16.6 Å². The van der Waals surface area contributed by atoms with Gasteiger partial charge in [-0.05, 0) is 24.6 Å². The van der Waals surface area contributed by atoms with Crippen molar-refractivity contribution in [1.29, 1.82) is 0 Å². The minimum atomic E-state index is -3.24. The van der Waals surface area contributed by atoms with Crippen molar-refractivity contribution < 1.29 is 8.42 Å². The smallest absolute Gasteiger partial charge is 0.232 e. The lowest BCUT2D eigenvalue weighted by atomic mass is 10.2. The molecule has 0 unspecified atom stereocenters. The van der Waals surface area contributed by atoms with Gasteiger partial charge in [-0.2, -0.15) is 5.10 Å². The maximum absolute atomic E-state index is 11.5. The number of hydrogen-bond donors (Lipinski definition) is 1. The van der Waals surface area contributed by atoms with Gasteiger partial charge in [0.25, 0.3) is 0 Å². The van der Waals surface area contributed by atoms with E-state index in [-0.39, 0.29) is 5.75 Å². The van der Waals surface area contributed by atoms with Crippen molar-refractivity contribution in [2.24, 2.45) is 0 Å². The number of benzene rings is 1. The lowest BCUT2D eigenvalue weighted by Gasteiger charge is -2.08. The number of hydrogen-bond acceptors (Lipinski definition) is 4. The molecule has 1 aromatic carbocycles. The summed E-state index contributed by atoms with van der Waals surface area (Å²) in [4.78, 5) is 3.85. The van der Waals surface area contributed by atoms with E-state index in [2.05, 4.69) is 14.8 Å². The topological polar surface area (TPSA) is 76.9 Å². The van der Waals surface area contributed by atoms with E-state index in [1.54, 1.807) is 36.1 Å². The molecule has 0 aliphatic heterocycles. The SMILES string of the molecule is CCS(=O)(=O)Nc1cccc(Cn2cncn2)c1. The number of anilines is 1. The van der Waals surface area contributed by atoms with E-state index < -0.39 is 10.0 Å². The monoisotopic (exact) mass is 266 g/mol. The molecule has 0 bridgehead atoms. The second-order valence-corrected chi connectivity index (χ2v) is 5.81. The zero-order valence-electron chi connectivity index (χ0n) is 9.94. The molecular weight excluding hydrogens is 252 g/mol. The molecule has 0 radical (unpaired) electrons. The first-order chi connectivity index (χ1) is 8.59. The Balaban J connectivity index is 2.15. The van der Waals surface area contributed by atoms with Crippen LogP contribution < -0.4 is 4.72 Å². The minimum absolute atomic E-state index is 0.0559. The van der Waals surface area contributed by atoms with Gasteiger partial charge in [-0.3, -0.25) is 4.72 Å². The van der Waals surface area contributed by atoms with Gasteiger partial charge >= 0.3 is 0 Å². The summed E-state index contributed by atoms with van der Waals surface area (Å²) in [5.41, 5.74) is 1.52. The Morgan fingerprint density at radius 2 is 2.22 bits per heavy atom. The summed E-state index contributed by atoms with van der Waals surface area (Å²) in [7, 11) is -3.24. The summed E-state index contributed by atoms with van der Waals surface area (Å²) in [6.07, 6.45) is 3.08. The third kappa shape index (κ3) is 3.30. The summed E-state index contributed by atoms with van der Waals surface area (Å²) in [5, 5.41) is 4.00. The van der Waals surface area contributed by atoms with E-state index in [4.69, 9.17) is 0 Å². The van der Waals surface area contributed by atoms with Crippen LogP contribution in [0.3, 0.4) is 0 Å². The molecule has 2 aromatic rings. The molecule has 0 atom stereocenters. The number of nitrogens with zero attached hydrogens (tertiary/aromatic N) is 3. The van der Waals surface area contributed by atoms with Gasteiger partial charge in [-0.25, -0.2) is 18.1 Å². The van der Waals surface area contributed by atoms with Crippen molar-refractivity contribution in [1.82, 2.24) is 14.8 Å². The Hall–Kier alpha value is -1.89. The van der Waals surface area contributed by atoms with E-state index >= 15 is 0 Å². The number of sulfonamides is 1. The highest BCUT2D eigenvalue weighted by atomic mass is 32.2. The van der Waals surface area contributed by atoms with E-state index in [1.165, 1.54) is 6.33 Å². The number of aromatic nitrogens is 3. The van der Waals surface area contributed by atoms with Crippen molar-refractivity contribution in [3.8, 4) is 0 Å². The van der Waals surface area contributed by atoms with Crippen LogP contribution in [0.1, 0.15) is 12.5 Å². The van der Waals surface area contributed by atoms with Crippen molar-refractivity contribution >= 4 is 15.7 Å². The predicted molar refractivity (Wildman–Crippen MR) is 68.6 cm³/mol. The first kappa shape index (κ1) is 12.6. The van der Waals surface area contributed by atoms with Crippen LogP contribution in [0.5, 0.6) is 0 Å². The fourth-order valence-corrected chi connectivity index (χ4v) is 2.12.